The van der Waals surface area contributed by atoms with Gasteiger partial charge in [0.05, 0.1) is 35.3 Å². The number of carbonyl (C=O) groups excluding carboxylic acids is 1. The van der Waals surface area contributed by atoms with Crippen molar-refractivity contribution in [2.45, 2.75) is 0 Å². The molecule has 1 aromatic heterocycles. The first kappa shape index (κ1) is 15.0. The summed E-state index contributed by atoms with van der Waals surface area (Å²) in [7, 11) is 1.38. The van der Waals surface area contributed by atoms with Gasteiger partial charge in [0.15, 0.2) is 0 Å². The van der Waals surface area contributed by atoms with Crippen LogP contribution in [0.1, 0.15) is 10.4 Å². The van der Waals surface area contributed by atoms with Gasteiger partial charge in [0.1, 0.15) is 0 Å². The van der Waals surface area contributed by atoms with Gasteiger partial charge in [0.2, 0.25) is 0 Å². The Morgan fingerprint density at radius 2 is 2.15 bits per heavy atom. The maximum absolute atomic E-state index is 11.9. The number of benzene rings is 1. The van der Waals surface area contributed by atoms with E-state index in [2.05, 4.69) is 43.2 Å². The van der Waals surface area contributed by atoms with Crippen LogP contribution < -0.4 is 10.8 Å². The molecular formula is C13H11ClIN3O2. The van der Waals surface area contributed by atoms with Crippen LogP contribution in [0.15, 0.2) is 36.7 Å². The Morgan fingerprint density at radius 1 is 1.35 bits per heavy atom. The fraction of sp³-hybridized carbons (Fsp3) is 0.0769. The lowest BCUT2D eigenvalue weighted by atomic mass is 10.2. The van der Waals surface area contributed by atoms with Crippen LogP contribution in [0.2, 0.25) is 5.02 Å². The van der Waals surface area contributed by atoms with Gasteiger partial charge in [-0.2, -0.15) is 0 Å². The minimum absolute atomic E-state index is 0.362. The summed E-state index contributed by atoms with van der Waals surface area (Å²) >= 11 is 8.34. The summed E-state index contributed by atoms with van der Waals surface area (Å²) in [6, 6.07) is 7.18. The van der Waals surface area contributed by atoms with Gasteiger partial charge >= 0.3 is 0 Å². The van der Waals surface area contributed by atoms with E-state index in [9.17, 15) is 4.79 Å². The molecule has 0 atom stereocenters. The number of hydrogen-bond acceptors (Lipinski definition) is 4. The van der Waals surface area contributed by atoms with E-state index in [1.807, 2.05) is 18.2 Å². The van der Waals surface area contributed by atoms with E-state index in [0.717, 1.165) is 3.57 Å². The number of hydroxylamine groups is 1. The fourth-order valence-electron chi connectivity index (χ4n) is 1.58. The van der Waals surface area contributed by atoms with Gasteiger partial charge in [-0.25, -0.2) is 5.48 Å². The van der Waals surface area contributed by atoms with E-state index in [1.54, 1.807) is 12.3 Å². The quantitative estimate of drug-likeness (QED) is 0.607. The maximum Gasteiger partial charge on any atom is 0.277 e. The van der Waals surface area contributed by atoms with Crippen molar-refractivity contribution in [1.82, 2.24) is 10.5 Å². The largest absolute Gasteiger partial charge is 0.352 e. The highest BCUT2D eigenvalue weighted by Gasteiger charge is 2.12. The number of aromatic nitrogens is 1. The summed E-state index contributed by atoms with van der Waals surface area (Å²) in [5, 5.41) is 3.66. The molecule has 5 nitrogen and oxygen atoms in total. The molecule has 2 N–H and O–H groups in total. The molecule has 0 saturated heterocycles. The van der Waals surface area contributed by atoms with Crippen molar-refractivity contribution in [2.24, 2.45) is 0 Å². The van der Waals surface area contributed by atoms with Gasteiger partial charge in [-0.05, 0) is 46.9 Å². The Kier molecular flexibility index (Phi) is 5.16. The van der Waals surface area contributed by atoms with Crippen molar-refractivity contribution in [3.63, 3.8) is 0 Å². The second-order valence-electron chi connectivity index (χ2n) is 3.81. The van der Waals surface area contributed by atoms with E-state index in [4.69, 9.17) is 11.6 Å². The van der Waals surface area contributed by atoms with Crippen molar-refractivity contribution in [2.75, 3.05) is 12.4 Å². The van der Waals surface area contributed by atoms with Crippen LogP contribution in [0.5, 0.6) is 0 Å². The third-order valence-electron chi connectivity index (χ3n) is 2.46. The predicted molar refractivity (Wildman–Crippen MR) is 86.2 cm³/mol. The van der Waals surface area contributed by atoms with Crippen molar-refractivity contribution in [3.8, 4) is 0 Å². The molecule has 0 radical (unpaired) electrons. The number of halogens is 2. The van der Waals surface area contributed by atoms with Crippen molar-refractivity contribution >= 4 is 51.5 Å². The number of anilines is 2. The molecule has 0 unspecified atom stereocenters. The van der Waals surface area contributed by atoms with E-state index in [0.29, 0.717) is 22.0 Å². The Labute approximate surface area is 134 Å². The molecule has 104 valence electrons. The van der Waals surface area contributed by atoms with Gasteiger partial charge < -0.3 is 5.32 Å². The van der Waals surface area contributed by atoms with Crippen LogP contribution in [0.3, 0.4) is 0 Å². The first-order valence-corrected chi connectivity index (χ1v) is 7.07. The molecule has 0 aliphatic rings. The van der Waals surface area contributed by atoms with E-state index >= 15 is 0 Å². The fourth-order valence-corrected chi connectivity index (χ4v) is 2.48. The molecular weight excluding hydrogens is 393 g/mol. The molecule has 0 aliphatic carbocycles. The SMILES string of the molecule is CONC(=O)c1ccncc1Nc1ccc(I)cc1Cl. The molecule has 7 heteroatoms. The molecule has 1 amide bonds. The average molecular weight is 404 g/mol. The highest BCUT2D eigenvalue weighted by atomic mass is 127. The van der Waals surface area contributed by atoms with E-state index in [-0.39, 0.29) is 5.91 Å². The van der Waals surface area contributed by atoms with Crippen LogP contribution in [0.25, 0.3) is 0 Å². The predicted octanol–water partition coefficient (Wildman–Crippen LogP) is 3.37. The zero-order chi connectivity index (χ0) is 14.5. The Morgan fingerprint density at radius 3 is 2.85 bits per heavy atom. The van der Waals surface area contributed by atoms with E-state index < -0.39 is 0 Å². The summed E-state index contributed by atoms with van der Waals surface area (Å²) < 4.78 is 1.03. The molecule has 0 saturated carbocycles. The molecule has 0 bridgehead atoms. The van der Waals surface area contributed by atoms with Crippen molar-refractivity contribution in [1.29, 1.82) is 0 Å². The molecule has 1 heterocycles. The summed E-state index contributed by atoms with van der Waals surface area (Å²) in [6.45, 7) is 0. The highest BCUT2D eigenvalue weighted by molar-refractivity contribution is 14.1. The highest BCUT2D eigenvalue weighted by Crippen LogP contribution is 2.28. The minimum Gasteiger partial charge on any atom is -0.352 e. The lowest BCUT2D eigenvalue weighted by molar-refractivity contribution is 0.0538. The van der Waals surface area contributed by atoms with Gasteiger partial charge in [0.25, 0.3) is 5.91 Å². The van der Waals surface area contributed by atoms with Crippen molar-refractivity contribution < 1.29 is 9.63 Å². The normalized spacial score (nSPS) is 10.2. The van der Waals surface area contributed by atoms with E-state index in [1.165, 1.54) is 13.3 Å². The standard InChI is InChI=1S/C13H11ClIN3O2/c1-20-18-13(19)9-4-5-16-7-12(9)17-11-3-2-8(15)6-10(11)14/h2-7,17H,1H3,(H,18,19). The molecule has 2 rings (SSSR count). The second-order valence-corrected chi connectivity index (χ2v) is 5.46. The lowest BCUT2D eigenvalue weighted by Gasteiger charge is -2.12. The van der Waals surface area contributed by atoms with Crippen molar-refractivity contribution in [3.05, 3.63) is 50.8 Å². The molecule has 2 aromatic rings. The molecule has 0 fully saturated rings. The first-order chi connectivity index (χ1) is 9.61. The zero-order valence-electron chi connectivity index (χ0n) is 10.5. The number of nitrogens with zero attached hydrogens (tertiary/aromatic N) is 1. The Balaban J connectivity index is 2.31. The molecule has 0 spiro atoms. The van der Waals surface area contributed by atoms with Crippen LogP contribution in [0.4, 0.5) is 11.4 Å². The zero-order valence-corrected chi connectivity index (χ0v) is 13.4. The van der Waals surface area contributed by atoms with Gasteiger partial charge in [-0.1, -0.05) is 11.6 Å². The lowest BCUT2D eigenvalue weighted by Crippen LogP contribution is -2.22. The summed E-state index contributed by atoms with van der Waals surface area (Å²) in [5.41, 5.74) is 3.93. The summed E-state index contributed by atoms with van der Waals surface area (Å²) in [6.07, 6.45) is 3.09. The number of rotatable bonds is 4. The summed E-state index contributed by atoms with van der Waals surface area (Å²) in [4.78, 5) is 20.5. The molecule has 1 aromatic carbocycles. The second kappa shape index (κ2) is 6.87. The first-order valence-electron chi connectivity index (χ1n) is 5.61. The molecule has 0 aliphatic heterocycles. The van der Waals surface area contributed by atoms with Gasteiger partial charge in [-0.3, -0.25) is 14.6 Å². The smallest absolute Gasteiger partial charge is 0.277 e. The van der Waals surface area contributed by atoms with Gasteiger partial charge in [0, 0.05) is 9.77 Å². The average Bonchev–Trinajstić information content (AvgIpc) is 2.43. The third kappa shape index (κ3) is 3.59. The van der Waals surface area contributed by atoms with Crippen LogP contribution in [-0.4, -0.2) is 18.0 Å². The number of nitrogens with one attached hydrogen (secondary N) is 2. The Bertz CT molecular complexity index is 637. The third-order valence-corrected chi connectivity index (χ3v) is 3.44. The number of amides is 1. The monoisotopic (exact) mass is 403 g/mol. The maximum atomic E-state index is 11.9. The minimum atomic E-state index is -0.362. The van der Waals surface area contributed by atoms with Crippen LogP contribution in [0, 0.1) is 3.57 Å². The topological polar surface area (TPSA) is 63.2 Å². The number of pyridine rings is 1. The summed E-state index contributed by atoms with van der Waals surface area (Å²) in [5.74, 6) is -0.362. The number of carbonyl (C=O) groups is 1. The van der Waals surface area contributed by atoms with Crippen LogP contribution in [-0.2, 0) is 4.84 Å². The number of hydrogen-bond donors (Lipinski definition) is 2. The van der Waals surface area contributed by atoms with Gasteiger partial charge in [-0.15, -0.1) is 0 Å². The molecule has 20 heavy (non-hydrogen) atoms. The van der Waals surface area contributed by atoms with Crippen LogP contribution >= 0.6 is 34.2 Å². The Hall–Kier alpha value is -1.38.